The third kappa shape index (κ3) is 3.32. The summed E-state index contributed by atoms with van der Waals surface area (Å²) in [7, 11) is 5.67. The number of amides is 1. The van der Waals surface area contributed by atoms with Crippen molar-refractivity contribution in [3.8, 4) is 11.6 Å². The van der Waals surface area contributed by atoms with Gasteiger partial charge < -0.3 is 18.9 Å². The zero-order chi connectivity index (χ0) is 24.0. The zero-order valence-corrected chi connectivity index (χ0v) is 20.2. The molecule has 1 aliphatic rings. The Morgan fingerprint density at radius 1 is 1.12 bits per heavy atom. The standard InChI is InChI=1S/C26H29N5O3/c1-6-26(7-2)15-31(25(32)34-26)22-13-18-19(14-23(22)33-5)27-16-28-24(18)30-12-11-17-20(29(3)4)9-8-10-21(17)30/h8-14,16H,6-7,15H2,1-5H3. The van der Waals surface area contributed by atoms with E-state index in [0.29, 0.717) is 18.0 Å². The molecule has 5 rings (SSSR count). The van der Waals surface area contributed by atoms with Crippen LogP contribution in [0.2, 0.25) is 0 Å². The maximum absolute atomic E-state index is 12.9. The van der Waals surface area contributed by atoms with Gasteiger partial charge in [0.2, 0.25) is 0 Å². The molecule has 1 fully saturated rings. The molecule has 1 saturated heterocycles. The van der Waals surface area contributed by atoms with E-state index in [-0.39, 0.29) is 6.09 Å². The Hall–Kier alpha value is -3.81. The largest absolute Gasteiger partial charge is 0.494 e. The number of anilines is 2. The Morgan fingerprint density at radius 3 is 2.59 bits per heavy atom. The van der Waals surface area contributed by atoms with Crippen LogP contribution in [-0.4, -0.2) is 54.0 Å². The quantitative estimate of drug-likeness (QED) is 0.396. The van der Waals surface area contributed by atoms with E-state index in [1.54, 1.807) is 18.3 Å². The van der Waals surface area contributed by atoms with Crippen molar-refractivity contribution in [2.45, 2.75) is 32.3 Å². The molecule has 176 valence electrons. The molecular formula is C26H29N5O3. The number of carbonyl (C=O) groups excluding carboxylic acids is 1. The van der Waals surface area contributed by atoms with Crippen LogP contribution in [0.4, 0.5) is 16.2 Å². The fourth-order valence-corrected chi connectivity index (χ4v) is 4.78. The first-order valence-electron chi connectivity index (χ1n) is 11.5. The molecule has 0 spiro atoms. The summed E-state index contributed by atoms with van der Waals surface area (Å²) in [4.78, 5) is 25.8. The predicted molar refractivity (Wildman–Crippen MR) is 134 cm³/mol. The summed E-state index contributed by atoms with van der Waals surface area (Å²) in [6.45, 7) is 4.56. The Kier molecular flexibility index (Phi) is 5.31. The second kappa shape index (κ2) is 8.20. The lowest BCUT2D eigenvalue weighted by Crippen LogP contribution is -2.33. The smallest absolute Gasteiger partial charge is 0.415 e. The summed E-state index contributed by atoms with van der Waals surface area (Å²) in [6, 6.07) is 12.1. The lowest BCUT2D eigenvalue weighted by atomic mass is 9.97. The number of nitrogens with zero attached hydrogens (tertiary/aromatic N) is 5. The van der Waals surface area contributed by atoms with E-state index in [1.165, 1.54) is 0 Å². The van der Waals surface area contributed by atoms with E-state index in [2.05, 4.69) is 37.6 Å². The molecule has 2 aromatic carbocycles. The van der Waals surface area contributed by atoms with Crippen LogP contribution < -0.4 is 14.5 Å². The molecule has 0 radical (unpaired) electrons. The summed E-state index contributed by atoms with van der Waals surface area (Å²) < 4.78 is 13.5. The lowest BCUT2D eigenvalue weighted by molar-refractivity contribution is 0.0504. The fourth-order valence-electron chi connectivity index (χ4n) is 4.78. The topological polar surface area (TPSA) is 72.7 Å². The number of fused-ring (bicyclic) bond motifs is 2. The highest BCUT2D eigenvalue weighted by molar-refractivity contribution is 6.00. The van der Waals surface area contributed by atoms with Gasteiger partial charge in [0, 0.05) is 42.8 Å². The van der Waals surface area contributed by atoms with E-state index < -0.39 is 5.60 Å². The van der Waals surface area contributed by atoms with Gasteiger partial charge in [-0.15, -0.1) is 0 Å². The first-order chi connectivity index (χ1) is 16.4. The van der Waals surface area contributed by atoms with Crippen LogP contribution in [0.25, 0.3) is 27.6 Å². The van der Waals surface area contributed by atoms with Gasteiger partial charge in [0.15, 0.2) is 0 Å². The van der Waals surface area contributed by atoms with Crippen molar-refractivity contribution in [2.75, 3.05) is 37.5 Å². The van der Waals surface area contributed by atoms with Crippen molar-refractivity contribution in [1.82, 2.24) is 14.5 Å². The average molecular weight is 460 g/mol. The predicted octanol–water partition coefficient (Wildman–Crippen LogP) is 5.16. The molecule has 4 aromatic rings. The number of benzene rings is 2. The van der Waals surface area contributed by atoms with E-state index in [0.717, 1.165) is 46.2 Å². The first-order valence-corrected chi connectivity index (χ1v) is 11.5. The van der Waals surface area contributed by atoms with Crippen LogP contribution in [0.15, 0.2) is 48.9 Å². The SMILES string of the molecule is CCC1(CC)CN(c2cc3c(-n4ccc5c(N(C)C)cccc54)ncnc3cc2OC)C(=O)O1. The van der Waals surface area contributed by atoms with Crippen molar-refractivity contribution >= 4 is 39.3 Å². The Bertz CT molecular complexity index is 1390. The number of ether oxygens (including phenoxy) is 2. The van der Waals surface area contributed by atoms with Gasteiger partial charge in [0.1, 0.15) is 23.5 Å². The van der Waals surface area contributed by atoms with E-state index in [1.807, 2.05) is 52.3 Å². The highest BCUT2D eigenvalue weighted by Crippen LogP contribution is 2.40. The summed E-state index contributed by atoms with van der Waals surface area (Å²) in [5.41, 5.74) is 3.07. The minimum Gasteiger partial charge on any atom is -0.494 e. The number of aromatic nitrogens is 3. The minimum absolute atomic E-state index is 0.359. The van der Waals surface area contributed by atoms with Gasteiger partial charge >= 0.3 is 6.09 Å². The van der Waals surface area contributed by atoms with Gasteiger partial charge in [-0.25, -0.2) is 14.8 Å². The third-order valence-corrected chi connectivity index (χ3v) is 6.88. The Labute approximate surface area is 198 Å². The Morgan fingerprint density at radius 2 is 1.91 bits per heavy atom. The van der Waals surface area contributed by atoms with Gasteiger partial charge in [-0.3, -0.25) is 4.90 Å². The number of cyclic esters (lactones) is 1. The van der Waals surface area contributed by atoms with Crippen LogP contribution in [0.1, 0.15) is 26.7 Å². The molecule has 1 amide bonds. The second-order valence-electron chi connectivity index (χ2n) is 8.87. The second-order valence-corrected chi connectivity index (χ2v) is 8.87. The van der Waals surface area contributed by atoms with Gasteiger partial charge in [-0.2, -0.15) is 0 Å². The maximum atomic E-state index is 12.9. The Balaban J connectivity index is 1.70. The molecule has 3 heterocycles. The number of hydrogen-bond donors (Lipinski definition) is 0. The summed E-state index contributed by atoms with van der Waals surface area (Å²) in [6.07, 6.45) is 4.72. The number of methoxy groups -OCH3 is 1. The molecular weight excluding hydrogens is 430 g/mol. The molecule has 0 atom stereocenters. The average Bonchev–Trinajstić information content (AvgIpc) is 3.44. The number of carbonyl (C=O) groups is 1. The first kappa shape index (κ1) is 22.0. The number of rotatable bonds is 6. The fraction of sp³-hybridized carbons (Fsp3) is 0.346. The third-order valence-electron chi connectivity index (χ3n) is 6.88. The van der Waals surface area contributed by atoms with E-state index in [4.69, 9.17) is 9.47 Å². The summed E-state index contributed by atoms with van der Waals surface area (Å²) >= 11 is 0. The van der Waals surface area contributed by atoms with Gasteiger partial charge in [0.25, 0.3) is 0 Å². The molecule has 0 saturated carbocycles. The van der Waals surface area contributed by atoms with Crippen molar-refractivity contribution in [3.63, 3.8) is 0 Å². The normalized spacial score (nSPS) is 15.2. The number of hydrogen-bond acceptors (Lipinski definition) is 6. The molecule has 0 unspecified atom stereocenters. The zero-order valence-electron chi connectivity index (χ0n) is 20.2. The van der Waals surface area contributed by atoms with Crippen molar-refractivity contribution < 1.29 is 14.3 Å². The molecule has 8 nitrogen and oxygen atoms in total. The molecule has 2 aromatic heterocycles. The van der Waals surface area contributed by atoms with E-state index in [9.17, 15) is 4.79 Å². The summed E-state index contributed by atoms with van der Waals surface area (Å²) in [5, 5.41) is 1.95. The lowest BCUT2D eigenvalue weighted by Gasteiger charge is -2.23. The van der Waals surface area contributed by atoms with Crippen LogP contribution in [0.3, 0.4) is 0 Å². The highest BCUT2D eigenvalue weighted by atomic mass is 16.6. The van der Waals surface area contributed by atoms with E-state index >= 15 is 0 Å². The highest BCUT2D eigenvalue weighted by Gasteiger charge is 2.44. The summed E-state index contributed by atoms with van der Waals surface area (Å²) in [5.74, 6) is 1.31. The van der Waals surface area contributed by atoms with Crippen molar-refractivity contribution in [1.29, 1.82) is 0 Å². The van der Waals surface area contributed by atoms with Crippen LogP contribution in [-0.2, 0) is 4.74 Å². The van der Waals surface area contributed by atoms with Crippen molar-refractivity contribution in [2.24, 2.45) is 0 Å². The minimum atomic E-state index is -0.494. The monoisotopic (exact) mass is 459 g/mol. The molecule has 0 N–H and O–H groups in total. The molecule has 0 aliphatic carbocycles. The maximum Gasteiger partial charge on any atom is 0.415 e. The molecule has 8 heteroatoms. The van der Waals surface area contributed by atoms with Crippen LogP contribution in [0, 0.1) is 0 Å². The molecule has 0 bridgehead atoms. The molecule has 34 heavy (non-hydrogen) atoms. The molecule has 1 aliphatic heterocycles. The van der Waals surface area contributed by atoms with Crippen LogP contribution in [0.5, 0.6) is 5.75 Å². The van der Waals surface area contributed by atoms with Gasteiger partial charge in [-0.05, 0) is 37.1 Å². The van der Waals surface area contributed by atoms with Crippen LogP contribution >= 0.6 is 0 Å². The van der Waals surface area contributed by atoms with Gasteiger partial charge in [-0.1, -0.05) is 19.9 Å². The van der Waals surface area contributed by atoms with Gasteiger partial charge in [0.05, 0.1) is 30.4 Å². The van der Waals surface area contributed by atoms with Crippen molar-refractivity contribution in [3.05, 3.63) is 48.9 Å².